The molecule has 2 aliphatic rings. The van der Waals surface area contributed by atoms with Crippen molar-refractivity contribution in [2.24, 2.45) is 0 Å². The van der Waals surface area contributed by atoms with Crippen LogP contribution in [0.1, 0.15) is 67.7 Å². The van der Waals surface area contributed by atoms with Crippen LogP contribution in [0.3, 0.4) is 0 Å². The minimum Gasteiger partial charge on any atom is -0.438 e. The molecule has 0 aromatic carbocycles. The number of hydrogen-bond donors (Lipinski definition) is 2. The summed E-state index contributed by atoms with van der Waals surface area (Å²) in [5.74, 6) is 0. The Balaban J connectivity index is 2.35. The molecule has 122 valence electrons. The van der Waals surface area contributed by atoms with Crippen molar-refractivity contribution in [2.75, 3.05) is 0 Å². The van der Waals surface area contributed by atoms with E-state index in [1.54, 1.807) is 11.8 Å². The Kier molecular flexibility index (Phi) is 3.62. The van der Waals surface area contributed by atoms with Crippen LogP contribution in [0.2, 0.25) is 0 Å². The van der Waals surface area contributed by atoms with E-state index in [1.165, 1.54) is 0 Å². The van der Waals surface area contributed by atoms with Gasteiger partial charge in [-0.25, -0.2) is 4.79 Å². The minimum atomic E-state index is -1.28. The lowest BCUT2D eigenvalue weighted by atomic mass is 9.77. The lowest BCUT2D eigenvalue weighted by Gasteiger charge is -2.51. The van der Waals surface area contributed by atoms with Gasteiger partial charge in [0.05, 0.1) is 0 Å². The number of rotatable bonds is 2. The zero-order valence-corrected chi connectivity index (χ0v) is 14.4. The summed E-state index contributed by atoms with van der Waals surface area (Å²) in [6.07, 6.45) is 1.77. The molecule has 2 heterocycles. The Morgan fingerprint density at radius 3 is 2.05 bits per heavy atom. The zero-order valence-electron chi connectivity index (χ0n) is 14.4. The molecule has 2 atom stereocenters. The molecule has 2 rings (SSSR count). The average Bonchev–Trinajstić information content (AvgIpc) is 2.40. The van der Waals surface area contributed by atoms with Crippen LogP contribution in [-0.4, -0.2) is 44.5 Å². The second kappa shape index (κ2) is 4.59. The third-order valence-corrected chi connectivity index (χ3v) is 5.19. The third-order valence-electron chi connectivity index (χ3n) is 5.19. The normalized spacial score (nSPS) is 39.4. The van der Waals surface area contributed by atoms with Crippen LogP contribution in [0.15, 0.2) is 0 Å². The molecule has 0 aromatic rings. The summed E-state index contributed by atoms with van der Waals surface area (Å²) in [5.41, 5.74) is -2.32. The largest absolute Gasteiger partial charge is 0.438 e. The molecule has 2 unspecified atom stereocenters. The lowest BCUT2D eigenvalue weighted by molar-refractivity contribution is -0.153. The molecule has 1 amide bonds. The topological polar surface area (TPSA) is 61.8 Å². The Morgan fingerprint density at radius 1 is 1.19 bits per heavy atom. The van der Waals surface area contributed by atoms with Crippen molar-refractivity contribution in [3.63, 3.8) is 0 Å². The fourth-order valence-electron chi connectivity index (χ4n) is 4.13. The van der Waals surface area contributed by atoms with Gasteiger partial charge in [-0.15, -0.1) is 0 Å². The van der Waals surface area contributed by atoms with Crippen molar-refractivity contribution in [3.8, 4) is 0 Å². The first-order valence-corrected chi connectivity index (χ1v) is 7.88. The van der Waals surface area contributed by atoms with Gasteiger partial charge in [0.15, 0.2) is 11.3 Å². The number of cyclic esters (lactones) is 1. The summed E-state index contributed by atoms with van der Waals surface area (Å²) in [5, 5.41) is 14.6. The van der Waals surface area contributed by atoms with E-state index in [2.05, 4.69) is 33.0 Å². The molecule has 21 heavy (non-hydrogen) atoms. The van der Waals surface area contributed by atoms with Crippen molar-refractivity contribution in [3.05, 3.63) is 0 Å². The summed E-state index contributed by atoms with van der Waals surface area (Å²) in [7, 11) is 0. The molecule has 2 aliphatic heterocycles. The van der Waals surface area contributed by atoms with Crippen molar-refractivity contribution in [1.82, 2.24) is 10.2 Å². The lowest BCUT2D eigenvalue weighted by Crippen LogP contribution is -2.66. The summed E-state index contributed by atoms with van der Waals surface area (Å²) in [6, 6.07) is -0.0351. The number of piperidine rings is 1. The van der Waals surface area contributed by atoms with Crippen LogP contribution in [0.5, 0.6) is 0 Å². The number of nitrogens with one attached hydrogen (secondary N) is 1. The molecule has 0 saturated carbocycles. The highest BCUT2D eigenvalue weighted by Crippen LogP contribution is 2.44. The van der Waals surface area contributed by atoms with Crippen LogP contribution in [0, 0.1) is 0 Å². The Hall–Kier alpha value is -0.810. The number of amides is 1. The fourth-order valence-corrected chi connectivity index (χ4v) is 4.13. The number of carbonyl (C=O) groups excluding carboxylic acids is 1. The van der Waals surface area contributed by atoms with Gasteiger partial charge in [0.1, 0.15) is 0 Å². The first-order chi connectivity index (χ1) is 9.34. The van der Waals surface area contributed by atoms with Gasteiger partial charge in [0.25, 0.3) is 0 Å². The van der Waals surface area contributed by atoms with Gasteiger partial charge in [-0.3, -0.25) is 4.90 Å². The van der Waals surface area contributed by atoms with Crippen LogP contribution >= 0.6 is 0 Å². The molecule has 0 aliphatic carbocycles. The van der Waals surface area contributed by atoms with E-state index in [4.69, 9.17) is 4.74 Å². The molecule has 2 fully saturated rings. The van der Waals surface area contributed by atoms with Gasteiger partial charge >= 0.3 is 6.09 Å². The van der Waals surface area contributed by atoms with E-state index in [-0.39, 0.29) is 17.1 Å². The van der Waals surface area contributed by atoms with Gasteiger partial charge in [0, 0.05) is 17.1 Å². The molecular formula is C16H30N2O3. The van der Waals surface area contributed by atoms with Crippen LogP contribution in [-0.2, 0) is 4.74 Å². The summed E-state index contributed by atoms with van der Waals surface area (Å²) >= 11 is 0. The summed E-state index contributed by atoms with van der Waals surface area (Å²) in [4.78, 5) is 14.0. The fraction of sp³-hybridized carbons (Fsp3) is 0.938. The number of hydrogen-bond acceptors (Lipinski definition) is 4. The standard InChI is InChI=1S/C16H30N2O3/c1-8-15(6)16(7,20)18(12(19)21-15)11-9-13(2,3)17-14(4,5)10-11/h11,17,20H,8-10H2,1-7H3. The Morgan fingerprint density at radius 2 is 1.67 bits per heavy atom. The van der Waals surface area contributed by atoms with Crippen molar-refractivity contribution >= 4 is 6.09 Å². The average molecular weight is 298 g/mol. The highest BCUT2D eigenvalue weighted by atomic mass is 16.6. The first-order valence-electron chi connectivity index (χ1n) is 7.88. The molecule has 0 aromatic heterocycles. The predicted molar refractivity (Wildman–Crippen MR) is 82.0 cm³/mol. The highest BCUT2D eigenvalue weighted by molar-refractivity contribution is 5.72. The number of ether oxygens (including phenoxy) is 1. The first kappa shape index (κ1) is 16.6. The smallest absolute Gasteiger partial charge is 0.413 e. The number of aliphatic hydroxyl groups is 1. The minimum absolute atomic E-state index is 0.0351. The number of carbonyl (C=O) groups is 1. The quantitative estimate of drug-likeness (QED) is 0.822. The molecule has 5 heteroatoms. The van der Waals surface area contributed by atoms with Crippen molar-refractivity contribution in [1.29, 1.82) is 0 Å². The molecule has 2 N–H and O–H groups in total. The van der Waals surface area contributed by atoms with Gasteiger partial charge < -0.3 is 15.2 Å². The van der Waals surface area contributed by atoms with E-state index in [0.717, 1.165) is 12.8 Å². The van der Waals surface area contributed by atoms with E-state index in [9.17, 15) is 9.90 Å². The van der Waals surface area contributed by atoms with E-state index in [0.29, 0.717) is 6.42 Å². The molecular weight excluding hydrogens is 268 g/mol. The molecule has 5 nitrogen and oxygen atoms in total. The van der Waals surface area contributed by atoms with Gasteiger partial charge in [-0.05, 0) is 60.8 Å². The summed E-state index contributed by atoms with van der Waals surface area (Å²) in [6.45, 7) is 14.0. The Bertz CT molecular complexity index is 429. The zero-order chi connectivity index (χ0) is 16.3. The van der Waals surface area contributed by atoms with Crippen molar-refractivity contribution < 1.29 is 14.6 Å². The molecule has 0 bridgehead atoms. The van der Waals surface area contributed by atoms with Crippen molar-refractivity contribution in [2.45, 2.75) is 96.2 Å². The van der Waals surface area contributed by atoms with Crippen LogP contribution < -0.4 is 5.32 Å². The van der Waals surface area contributed by atoms with Crippen LogP contribution in [0.25, 0.3) is 0 Å². The predicted octanol–water partition coefficient (Wildman–Crippen LogP) is 2.63. The van der Waals surface area contributed by atoms with E-state index >= 15 is 0 Å². The highest BCUT2D eigenvalue weighted by Gasteiger charge is 2.61. The molecule has 2 saturated heterocycles. The summed E-state index contributed by atoms with van der Waals surface area (Å²) < 4.78 is 5.53. The van der Waals surface area contributed by atoms with E-state index in [1.807, 2.05) is 13.8 Å². The van der Waals surface area contributed by atoms with Crippen LogP contribution in [0.4, 0.5) is 4.79 Å². The second-order valence-corrected chi connectivity index (χ2v) is 8.30. The molecule has 0 radical (unpaired) electrons. The van der Waals surface area contributed by atoms with E-state index < -0.39 is 17.4 Å². The maximum atomic E-state index is 12.4. The third kappa shape index (κ3) is 2.66. The van der Waals surface area contributed by atoms with Gasteiger partial charge in [-0.2, -0.15) is 0 Å². The molecule has 0 spiro atoms. The maximum absolute atomic E-state index is 12.4. The SMILES string of the molecule is CCC1(C)OC(=O)N(C2CC(C)(C)NC(C)(C)C2)C1(C)O. The van der Waals surface area contributed by atoms with Gasteiger partial charge in [-0.1, -0.05) is 6.92 Å². The van der Waals surface area contributed by atoms with Gasteiger partial charge in [0.2, 0.25) is 0 Å². The maximum Gasteiger partial charge on any atom is 0.413 e. The second-order valence-electron chi connectivity index (χ2n) is 8.30. The number of nitrogens with zero attached hydrogens (tertiary/aromatic N) is 1. The monoisotopic (exact) mass is 298 g/mol. The Labute approximate surface area is 128 Å².